The van der Waals surface area contributed by atoms with Gasteiger partial charge in [0, 0.05) is 26.3 Å². The number of aromatic amines is 1. The van der Waals surface area contributed by atoms with Crippen molar-refractivity contribution < 1.29 is 0 Å². The van der Waals surface area contributed by atoms with Crippen molar-refractivity contribution in [2.45, 2.75) is 6.92 Å². The summed E-state index contributed by atoms with van der Waals surface area (Å²) in [6.45, 7) is 2.03. The van der Waals surface area contributed by atoms with Gasteiger partial charge in [-0.3, -0.25) is 0 Å². The lowest BCUT2D eigenvalue weighted by molar-refractivity contribution is 1.26. The van der Waals surface area contributed by atoms with E-state index in [1.165, 1.54) is 0 Å². The first-order valence-electron chi connectivity index (χ1n) is 6.22. The summed E-state index contributed by atoms with van der Waals surface area (Å²) >= 11 is 9.47. The Morgan fingerprint density at radius 1 is 1.05 bits per heavy atom. The molecule has 0 saturated carbocycles. The molecule has 0 amide bonds. The van der Waals surface area contributed by atoms with E-state index in [4.69, 9.17) is 16.6 Å². The molecular weight excluding hydrogens is 336 g/mol. The second kappa shape index (κ2) is 5.43. The number of benzene rings is 2. The van der Waals surface area contributed by atoms with Gasteiger partial charge < -0.3 is 4.98 Å². The maximum Gasteiger partial charge on any atom is 0.138 e. The Hall–Kier alpha value is -1.58. The third-order valence-electron chi connectivity index (χ3n) is 3.10. The minimum absolute atomic E-state index is 0.710. The van der Waals surface area contributed by atoms with E-state index in [0.29, 0.717) is 5.02 Å². The molecule has 20 heavy (non-hydrogen) atoms. The van der Waals surface area contributed by atoms with E-state index < -0.39 is 0 Å². The second-order valence-corrected chi connectivity index (χ2v) is 5.93. The van der Waals surface area contributed by atoms with Gasteiger partial charge in [0.25, 0.3) is 0 Å². The zero-order valence-electron chi connectivity index (χ0n) is 10.8. The smallest absolute Gasteiger partial charge is 0.138 e. The fourth-order valence-corrected chi connectivity index (χ4v) is 2.58. The molecule has 0 radical (unpaired) electrons. The molecule has 0 atom stereocenters. The summed E-state index contributed by atoms with van der Waals surface area (Å²) in [5.74, 6) is 0.836. The predicted octanol–water partition coefficient (Wildman–Crippen LogP) is 5.47. The summed E-state index contributed by atoms with van der Waals surface area (Å²) in [5, 5.41) is 0.710. The van der Waals surface area contributed by atoms with E-state index in [-0.39, 0.29) is 0 Å². The third kappa shape index (κ3) is 2.65. The Morgan fingerprint density at radius 2 is 1.80 bits per heavy atom. The lowest BCUT2D eigenvalue weighted by Crippen LogP contribution is -1.81. The first-order valence-corrected chi connectivity index (χ1v) is 7.39. The maximum atomic E-state index is 6.03. The molecule has 2 nitrogen and oxygen atoms in total. The molecule has 0 saturated heterocycles. The molecule has 3 rings (SSSR count). The second-order valence-electron chi connectivity index (χ2n) is 4.58. The molecule has 0 spiro atoms. The van der Waals surface area contributed by atoms with Gasteiger partial charge in [-0.25, -0.2) is 4.98 Å². The summed E-state index contributed by atoms with van der Waals surface area (Å²) in [6.07, 6.45) is 0. The highest BCUT2D eigenvalue weighted by Gasteiger charge is 2.10. The molecule has 0 aliphatic rings. The van der Waals surface area contributed by atoms with Crippen LogP contribution in [0.25, 0.3) is 22.6 Å². The number of aryl methyl sites for hydroxylation is 1. The van der Waals surface area contributed by atoms with Crippen LogP contribution in [0.5, 0.6) is 0 Å². The monoisotopic (exact) mass is 346 g/mol. The third-order valence-corrected chi connectivity index (χ3v) is 3.86. The molecule has 3 aromatic rings. The van der Waals surface area contributed by atoms with Gasteiger partial charge >= 0.3 is 0 Å². The number of hydrogen-bond donors (Lipinski definition) is 1. The van der Waals surface area contributed by atoms with Gasteiger partial charge in [-0.2, -0.15) is 0 Å². The first kappa shape index (κ1) is 13.4. The Labute approximate surface area is 131 Å². The highest BCUT2D eigenvalue weighted by atomic mass is 79.9. The molecule has 0 aliphatic heterocycles. The Kier molecular flexibility index (Phi) is 3.64. The van der Waals surface area contributed by atoms with Crippen LogP contribution in [0.4, 0.5) is 0 Å². The maximum absolute atomic E-state index is 6.03. The van der Waals surface area contributed by atoms with Gasteiger partial charge in [-0.1, -0.05) is 51.8 Å². The largest absolute Gasteiger partial charge is 0.342 e. The van der Waals surface area contributed by atoms with Crippen molar-refractivity contribution in [1.29, 1.82) is 0 Å². The van der Waals surface area contributed by atoms with E-state index >= 15 is 0 Å². The van der Waals surface area contributed by atoms with Gasteiger partial charge in [-0.15, -0.1) is 0 Å². The molecule has 0 fully saturated rings. The van der Waals surface area contributed by atoms with Crippen LogP contribution in [-0.2, 0) is 0 Å². The highest BCUT2D eigenvalue weighted by Crippen LogP contribution is 2.27. The van der Waals surface area contributed by atoms with Crippen molar-refractivity contribution in [3.63, 3.8) is 0 Å². The zero-order chi connectivity index (χ0) is 14.1. The molecule has 1 aromatic heterocycles. The Balaban J connectivity index is 2.05. The van der Waals surface area contributed by atoms with Crippen LogP contribution < -0.4 is 0 Å². The van der Waals surface area contributed by atoms with E-state index in [0.717, 1.165) is 32.8 Å². The van der Waals surface area contributed by atoms with Crippen LogP contribution in [0.3, 0.4) is 0 Å². The lowest BCUT2D eigenvalue weighted by Gasteiger charge is -1.98. The van der Waals surface area contributed by atoms with Crippen LogP contribution in [0, 0.1) is 6.92 Å². The number of hydrogen-bond acceptors (Lipinski definition) is 1. The van der Waals surface area contributed by atoms with E-state index in [9.17, 15) is 0 Å². The molecule has 0 unspecified atom stereocenters. The molecule has 0 bridgehead atoms. The van der Waals surface area contributed by atoms with Crippen molar-refractivity contribution in [2.24, 2.45) is 0 Å². The van der Waals surface area contributed by atoms with Crippen molar-refractivity contribution in [3.05, 3.63) is 63.7 Å². The fraction of sp³-hybridized carbons (Fsp3) is 0.0625. The number of rotatable bonds is 2. The number of H-pyrrole nitrogens is 1. The summed E-state index contributed by atoms with van der Waals surface area (Å²) in [4.78, 5) is 8.01. The van der Waals surface area contributed by atoms with Crippen LogP contribution in [0.2, 0.25) is 5.02 Å². The summed E-state index contributed by atoms with van der Waals surface area (Å²) in [5.41, 5.74) is 4.09. The van der Waals surface area contributed by atoms with Gasteiger partial charge in [0.05, 0.1) is 5.69 Å². The van der Waals surface area contributed by atoms with E-state index in [2.05, 4.69) is 33.0 Å². The van der Waals surface area contributed by atoms with E-state index in [1.54, 1.807) is 0 Å². The minimum atomic E-state index is 0.710. The number of imidazole rings is 1. The SMILES string of the molecule is Cc1[nH]c(-c2cccc(Cl)c2)nc1-c1ccc(Br)cc1. The average molecular weight is 348 g/mol. The van der Waals surface area contributed by atoms with E-state index in [1.807, 2.05) is 43.3 Å². The lowest BCUT2D eigenvalue weighted by atomic mass is 10.1. The van der Waals surface area contributed by atoms with Crippen molar-refractivity contribution in [1.82, 2.24) is 9.97 Å². The standard InChI is InChI=1S/C16H12BrClN2/c1-10-15(11-5-7-13(17)8-6-11)20-16(19-10)12-3-2-4-14(18)9-12/h2-9H,1H3,(H,19,20). The Bertz CT molecular complexity index is 747. The Morgan fingerprint density at radius 3 is 2.50 bits per heavy atom. The normalized spacial score (nSPS) is 10.8. The number of nitrogens with zero attached hydrogens (tertiary/aromatic N) is 1. The number of aromatic nitrogens is 2. The quantitative estimate of drug-likeness (QED) is 0.654. The molecular formula is C16H12BrClN2. The van der Waals surface area contributed by atoms with Gasteiger partial charge in [0.2, 0.25) is 0 Å². The highest BCUT2D eigenvalue weighted by molar-refractivity contribution is 9.10. The molecule has 0 aliphatic carbocycles. The average Bonchev–Trinajstić information content (AvgIpc) is 2.82. The van der Waals surface area contributed by atoms with Crippen molar-refractivity contribution in [2.75, 3.05) is 0 Å². The molecule has 1 N–H and O–H groups in total. The van der Waals surface area contributed by atoms with Crippen molar-refractivity contribution in [3.8, 4) is 22.6 Å². The molecule has 100 valence electrons. The van der Waals surface area contributed by atoms with Crippen LogP contribution in [0.1, 0.15) is 5.69 Å². The summed E-state index contributed by atoms with van der Waals surface area (Å²) in [6, 6.07) is 15.8. The van der Waals surface area contributed by atoms with Gasteiger partial charge in [0.1, 0.15) is 5.82 Å². The van der Waals surface area contributed by atoms with Crippen LogP contribution >= 0.6 is 27.5 Å². The summed E-state index contributed by atoms with van der Waals surface area (Å²) < 4.78 is 1.06. The molecule has 4 heteroatoms. The molecule has 1 heterocycles. The fourth-order valence-electron chi connectivity index (χ4n) is 2.12. The summed E-state index contributed by atoms with van der Waals surface area (Å²) in [7, 11) is 0. The topological polar surface area (TPSA) is 28.7 Å². The van der Waals surface area contributed by atoms with Crippen LogP contribution in [0.15, 0.2) is 53.0 Å². The number of halogens is 2. The van der Waals surface area contributed by atoms with Crippen molar-refractivity contribution >= 4 is 27.5 Å². The predicted molar refractivity (Wildman–Crippen MR) is 86.9 cm³/mol. The van der Waals surface area contributed by atoms with Crippen LogP contribution in [-0.4, -0.2) is 9.97 Å². The van der Waals surface area contributed by atoms with Gasteiger partial charge in [0.15, 0.2) is 0 Å². The molecule has 2 aromatic carbocycles. The number of nitrogens with one attached hydrogen (secondary N) is 1. The van der Waals surface area contributed by atoms with Gasteiger partial charge in [-0.05, 0) is 31.2 Å². The zero-order valence-corrected chi connectivity index (χ0v) is 13.2. The first-order chi connectivity index (χ1) is 9.63. The minimum Gasteiger partial charge on any atom is -0.342 e.